The number of aryl methyl sites for hydroxylation is 1. The Labute approximate surface area is 156 Å². The van der Waals surface area contributed by atoms with E-state index in [4.69, 9.17) is 4.74 Å². The Morgan fingerprint density at radius 3 is 3.00 bits per heavy atom. The first-order chi connectivity index (χ1) is 12.7. The lowest BCUT2D eigenvalue weighted by Gasteiger charge is -2.33. The zero-order valence-electron chi connectivity index (χ0n) is 14.9. The first-order valence-corrected chi connectivity index (χ1v) is 9.53. The molecule has 0 radical (unpaired) electrons. The van der Waals surface area contributed by atoms with Gasteiger partial charge in [-0.1, -0.05) is 18.2 Å². The van der Waals surface area contributed by atoms with Crippen LogP contribution in [0.2, 0.25) is 0 Å². The second-order valence-corrected chi connectivity index (χ2v) is 7.51. The number of aromatic nitrogens is 2. The Hall–Kier alpha value is -2.22. The number of nitrogens with zero attached hydrogens (tertiary/aromatic N) is 3. The third-order valence-corrected chi connectivity index (χ3v) is 6.03. The van der Waals surface area contributed by atoms with Crippen molar-refractivity contribution in [2.45, 2.75) is 12.6 Å². The summed E-state index contributed by atoms with van der Waals surface area (Å²) in [6.45, 7) is 3.11. The lowest BCUT2D eigenvalue weighted by molar-refractivity contribution is -0.0329. The van der Waals surface area contributed by atoms with Crippen LogP contribution in [0.1, 0.15) is 27.0 Å². The van der Waals surface area contributed by atoms with Crippen LogP contribution in [0.25, 0.3) is 10.1 Å². The number of carbonyl (C=O) groups excluding carboxylic acids is 1. The monoisotopic (exact) mass is 370 g/mol. The van der Waals surface area contributed by atoms with Crippen LogP contribution in [0.5, 0.6) is 0 Å². The van der Waals surface area contributed by atoms with E-state index in [2.05, 4.69) is 27.4 Å². The molecule has 1 aliphatic heterocycles. The standard InChI is InChI=1S/C19H22N4O2S/c1-20-19(24)18-17(14-5-3-4-6-16(14)26-18)15-12-23(9-10-25-15)11-13-7-8-21-22(13)2/h3-8,15H,9-12H2,1-2H3,(H,20,24)/t15-/m0/s1. The van der Waals surface area contributed by atoms with E-state index in [0.29, 0.717) is 6.61 Å². The summed E-state index contributed by atoms with van der Waals surface area (Å²) in [5.74, 6) is -0.0476. The maximum absolute atomic E-state index is 12.4. The molecular formula is C19H22N4O2S. The molecule has 0 aliphatic carbocycles. The van der Waals surface area contributed by atoms with Gasteiger partial charge in [-0.2, -0.15) is 5.10 Å². The normalized spacial score (nSPS) is 18.3. The highest BCUT2D eigenvalue weighted by atomic mass is 32.1. The predicted octanol–water partition coefficient (Wildman–Crippen LogP) is 2.57. The predicted molar refractivity (Wildman–Crippen MR) is 102 cm³/mol. The van der Waals surface area contributed by atoms with Gasteiger partial charge in [-0.15, -0.1) is 11.3 Å². The van der Waals surface area contributed by atoms with Crippen LogP contribution >= 0.6 is 11.3 Å². The Balaban J connectivity index is 1.66. The zero-order chi connectivity index (χ0) is 18.1. The van der Waals surface area contributed by atoms with Crippen molar-refractivity contribution in [1.82, 2.24) is 20.0 Å². The molecule has 1 aromatic carbocycles. The summed E-state index contributed by atoms with van der Waals surface area (Å²) in [6, 6.07) is 10.2. The summed E-state index contributed by atoms with van der Waals surface area (Å²) >= 11 is 1.53. The van der Waals surface area contributed by atoms with Crippen molar-refractivity contribution in [2.75, 3.05) is 26.7 Å². The summed E-state index contributed by atoms with van der Waals surface area (Å²) in [5, 5.41) is 8.13. The summed E-state index contributed by atoms with van der Waals surface area (Å²) in [7, 11) is 3.64. The van der Waals surface area contributed by atoms with Crippen molar-refractivity contribution in [2.24, 2.45) is 7.05 Å². The van der Waals surface area contributed by atoms with Crippen molar-refractivity contribution in [3.63, 3.8) is 0 Å². The summed E-state index contributed by atoms with van der Waals surface area (Å²) < 4.78 is 9.13. The summed E-state index contributed by atoms with van der Waals surface area (Å²) in [6.07, 6.45) is 1.71. The van der Waals surface area contributed by atoms with Crippen molar-refractivity contribution in [3.05, 3.63) is 52.7 Å². The Bertz CT molecular complexity index is 933. The van der Waals surface area contributed by atoms with Crippen LogP contribution in [0.4, 0.5) is 0 Å². The van der Waals surface area contributed by atoms with Gasteiger partial charge in [-0.25, -0.2) is 0 Å². The highest BCUT2D eigenvalue weighted by Gasteiger charge is 2.29. The molecule has 4 rings (SSSR count). The fourth-order valence-corrected chi connectivity index (χ4v) is 4.67. The van der Waals surface area contributed by atoms with Gasteiger partial charge in [-0.3, -0.25) is 14.4 Å². The lowest BCUT2D eigenvalue weighted by atomic mass is 10.0. The van der Waals surface area contributed by atoms with Gasteiger partial charge in [0.05, 0.1) is 23.3 Å². The number of ether oxygens (including phenoxy) is 1. The van der Waals surface area contributed by atoms with Gasteiger partial charge in [0, 0.05) is 50.2 Å². The van der Waals surface area contributed by atoms with E-state index < -0.39 is 0 Å². The van der Waals surface area contributed by atoms with Crippen molar-refractivity contribution in [1.29, 1.82) is 0 Å². The van der Waals surface area contributed by atoms with Crippen LogP contribution in [0.15, 0.2) is 36.5 Å². The van der Waals surface area contributed by atoms with Crippen molar-refractivity contribution >= 4 is 27.3 Å². The van der Waals surface area contributed by atoms with Gasteiger partial charge in [0.2, 0.25) is 0 Å². The average molecular weight is 370 g/mol. The minimum absolute atomic E-state index is 0.0476. The second kappa shape index (κ2) is 7.19. The molecule has 3 aromatic rings. The average Bonchev–Trinajstić information content (AvgIpc) is 3.25. The lowest BCUT2D eigenvalue weighted by Crippen LogP contribution is -2.38. The molecular weight excluding hydrogens is 348 g/mol. The smallest absolute Gasteiger partial charge is 0.261 e. The van der Waals surface area contributed by atoms with Crippen molar-refractivity contribution < 1.29 is 9.53 Å². The van der Waals surface area contributed by atoms with Gasteiger partial charge in [-0.05, 0) is 17.5 Å². The minimum atomic E-state index is -0.111. The largest absolute Gasteiger partial charge is 0.371 e. The first kappa shape index (κ1) is 17.2. The maximum atomic E-state index is 12.4. The van der Waals surface area contributed by atoms with Crippen LogP contribution in [0.3, 0.4) is 0 Å². The molecule has 1 saturated heterocycles. The molecule has 6 nitrogen and oxygen atoms in total. The molecule has 0 unspecified atom stereocenters. The minimum Gasteiger partial charge on any atom is -0.371 e. The fraction of sp³-hybridized carbons (Fsp3) is 0.368. The SMILES string of the molecule is CNC(=O)c1sc2ccccc2c1[C@@H]1CN(Cc2ccnn2C)CCO1. The molecule has 1 aliphatic rings. The van der Waals surface area contributed by atoms with E-state index in [9.17, 15) is 4.79 Å². The Kier molecular flexibility index (Phi) is 4.76. The van der Waals surface area contributed by atoms with Crippen LogP contribution in [0, 0.1) is 0 Å². The Morgan fingerprint density at radius 2 is 2.23 bits per heavy atom. The number of amides is 1. The molecule has 3 heterocycles. The molecule has 1 amide bonds. The Morgan fingerprint density at radius 1 is 1.38 bits per heavy atom. The van der Waals surface area contributed by atoms with Gasteiger partial charge >= 0.3 is 0 Å². The van der Waals surface area contributed by atoms with E-state index in [-0.39, 0.29) is 12.0 Å². The summed E-state index contributed by atoms with van der Waals surface area (Å²) in [4.78, 5) is 15.6. The number of thiophene rings is 1. The van der Waals surface area contributed by atoms with E-state index in [1.165, 1.54) is 17.0 Å². The molecule has 136 valence electrons. The number of carbonyl (C=O) groups is 1. The molecule has 0 saturated carbocycles. The number of hydrogen-bond acceptors (Lipinski definition) is 5. The molecule has 1 fully saturated rings. The van der Waals surface area contributed by atoms with Gasteiger partial charge in [0.15, 0.2) is 0 Å². The summed E-state index contributed by atoms with van der Waals surface area (Å²) in [5.41, 5.74) is 2.19. The van der Waals surface area contributed by atoms with Crippen LogP contribution < -0.4 is 5.32 Å². The van der Waals surface area contributed by atoms with Crippen molar-refractivity contribution in [3.8, 4) is 0 Å². The number of morpholine rings is 1. The number of nitrogens with one attached hydrogen (secondary N) is 1. The van der Waals surface area contributed by atoms with Crippen LogP contribution in [-0.4, -0.2) is 47.3 Å². The van der Waals surface area contributed by atoms with Crippen LogP contribution in [-0.2, 0) is 18.3 Å². The molecule has 1 atom stereocenters. The molecule has 2 aromatic heterocycles. The van der Waals surface area contributed by atoms with E-state index in [0.717, 1.165) is 40.2 Å². The molecule has 0 bridgehead atoms. The highest BCUT2D eigenvalue weighted by Crippen LogP contribution is 2.38. The topological polar surface area (TPSA) is 59.4 Å². The number of hydrogen-bond donors (Lipinski definition) is 1. The highest BCUT2D eigenvalue weighted by molar-refractivity contribution is 7.21. The van der Waals surface area contributed by atoms with E-state index in [1.807, 2.05) is 36.1 Å². The quantitative estimate of drug-likeness (QED) is 0.767. The zero-order valence-corrected chi connectivity index (χ0v) is 15.8. The number of fused-ring (bicyclic) bond motifs is 1. The van der Waals surface area contributed by atoms with E-state index in [1.54, 1.807) is 7.05 Å². The number of rotatable bonds is 4. The van der Waals surface area contributed by atoms with Gasteiger partial charge in [0.25, 0.3) is 5.91 Å². The second-order valence-electron chi connectivity index (χ2n) is 6.46. The third kappa shape index (κ3) is 3.13. The first-order valence-electron chi connectivity index (χ1n) is 8.71. The molecule has 1 N–H and O–H groups in total. The number of benzene rings is 1. The van der Waals surface area contributed by atoms with Gasteiger partial charge < -0.3 is 10.1 Å². The maximum Gasteiger partial charge on any atom is 0.261 e. The molecule has 7 heteroatoms. The van der Waals surface area contributed by atoms with Gasteiger partial charge in [0.1, 0.15) is 0 Å². The van der Waals surface area contributed by atoms with E-state index >= 15 is 0 Å². The third-order valence-electron chi connectivity index (χ3n) is 4.85. The molecule has 26 heavy (non-hydrogen) atoms. The molecule has 0 spiro atoms. The fourth-order valence-electron chi connectivity index (χ4n) is 3.47.